The molecule has 0 aliphatic heterocycles. The van der Waals surface area contributed by atoms with Crippen LogP contribution in [0.2, 0.25) is 0 Å². The minimum absolute atomic E-state index is 0.656. The summed E-state index contributed by atoms with van der Waals surface area (Å²) in [6.07, 6.45) is 0. The van der Waals surface area contributed by atoms with Gasteiger partial charge >= 0.3 is 0 Å². The summed E-state index contributed by atoms with van der Waals surface area (Å²) in [6, 6.07) is 2.09. The van der Waals surface area contributed by atoms with Crippen molar-refractivity contribution in [1.29, 1.82) is 0 Å². The Kier molecular flexibility index (Phi) is 2.45. The highest BCUT2D eigenvalue weighted by Crippen LogP contribution is 2.32. The Morgan fingerprint density at radius 3 is 2.94 bits per heavy atom. The Hall–Kier alpha value is -0.920. The molecule has 0 unspecified atom stereocenters. The summed E-state index contributed by atoms with van der Waals surface area (Å²) >= 11 is 6.74. The molecule has 3 aromatic heterocycles. The lowest BCUT2D eigenvalue weighted by molar-refractivity contribution is 0.988. The van der Waals surface area contributed by atoms with Crippen molar-refractivity contribution in [2.75, 3.05) is 12.4 Å². The zero-order valence-electron chi connectivity index (χ0n) is 8.27. The van der Waals surface area contributed by atoms with Gasteiger partial charge in [0.05, 0.1) is 10.6 Å². The average Bonchev–Trinajstić information content (AvgIpc) is 2.91. The third kappa shape index (κ3) is 1.55. The van der Waals surface area contributed by atoms with Gasteiger partial charge in [-0.1, -0.05) is 0 Å². The molecule has 16 heavy (non-hydrogen) atoms. The molecule has 0 aromatic carbocycles. The van der Waals surface area contributed by atoms with E-state index < -0.39 is 0 Å². The largest absolute Gasteiger partial charge is 0.356 e. The number of aromatic nitrogens is 3. The summed E-state index contributed by atoms with van der Waals surface area (Å²) in [5, 5.41) is 11.5. The number of thiazole rings is 1. The highest BCUT2D eigenvalue weighted by molar-refractivity contribution is 9.10. The number of anilines is 1. The molecule has 0 fully saturated rings. The first-order chi connectivity index (χ1) is 7.78. The number of halogens is 1. The maximum atomic E-state index is 4.37. The molecule has 0 spiro atoms. The number of thiophene rings is 1. The molecule has 3 aromatic rings. The van der Waals surface area contributed by atoms with Crippen LogP contribution >= 0.6 is 38.6 Å². The lowest BCUT2D eigenvalue weighted by atomic mass is 10.4. The predicted octanol–water partition coefficient (Wildman–Crippen LogP) is 3.32. The van der Waals surface area contributed by atoms with E-state index in [1.54, 1.807) is 22.7 Å². The van der Waals surface area contributed by atoms with Crippen molar-refractivity contribution in [3.05, 3.63) is 21.3 Å². The van der Waals surface area contributed by atoms with E-state index in [4.69, 9.17) is 0 Å². The first-order valence-electron chi connectivity index (χ1n) is 4.54. The zero-order valence-corrected chi connectivity index (χ0v) is 11.5. The van der Waals surface area contributed by atoms with Gasteiger partial charge in [-0.3, -0.25) is 0 Å². The Balaban J connectivity index is 2.19. The maximum absolute atomic E-state index is 4.37. The standard InChI is InChI=1S/C9H7BrN4S2/c1-11-8-12-9-14(13-8)6(4-16-9)7-2-5(10)3-15-7/h2-4H,1H3,(H,11,13). The molecule has 0 aliphatic carbocycles. The predicted molar refractivity (Wildman–Crippen MR) is 71.4 cm³/mol. The van der Waals surface area contributed by atoms with Crippen LogP contribution in [0, 0.1) is 0 Å². The van der Waals surface area contributed by atoms with Gasteiger partial charge in [0.15, 0.2) is 0 Å². The molecule has 0 aliphatic rings. The van der Waals surface area contributed by atoms with E-state index in [-0.39, 0.29) is 0 Å². The van der Waals surface area contributed by atoms with E-state index in [9.17, 15) is 0 Å². The first kappa shape index (κ1) is 10.2. The third-order valence-corrected chi connectivity index (χ3v) is 4.65. The SMILES string of the molecule is CNc1nc2scc(-c3cc(Br)cs3)n2n1. The van der Waals surface area contributed by atoms with Crippen LogP contribution in [0.25, 0.3) is 15.5 Å². The highest BCUT2D eigenvalue weighted by Gasteiger charge is 2.11. The average molecular weight is 315 g/mol. The van der Waals surface area contributed by atoms with Crippen molar-refractivity contribution >= 4 is 49.5 Å². The summed E-state index contributed by atoms with van der Waals surface area (Å²) < 4.78 is 2.97. The van der Waals surface area contributed by atoms with Gasteiger partial charge in [-0.2, -0.15) is 4.98 Å². The Morgan fingerprint density at radius 2 is 2.25 bits per heavy atom. The zero-order chi connectivity index (χ0) is 11.1. The molecule has 0 radical (unpaired) electrons. The molecule has 0 atom stereocenters. The van der Waals surface area contributed by atoms with E-state index in [0.29, 0.717) is 5.95 Å². The Labute approximate surface area is 108 Å². The van der Waals surface area contributed by atoms with Crippen molar-refractivity contribution in [3.8, 4) is 10.6 Å². The van der Waals surface area contributed by atoms with Crippen molar-refractivity contribution in [1.82, 2.24) is 14.6 Å². The van der Waals surface area contributed by atoms with Crippen molar-refractivity contribution < 1.29 is 0 Å². The highest BCUT2D eigenvalue weighted by atomic mass is 79.9. The summed E-state index contributed by atoms with van der Waals surface area (Å²) in [4.78, 5) is 6.43. The van der Waals surface area contributed by atoms with Crippen molar-refractivity contribution in [2.45, 2.75) is 0 Å². The molecule has 0 amide bonds. The molecule has 1 N–H and O–H groups in total. The molecule has 0 saturated carbocycles. The fourth-order valence-electron chi connectivity index (χ4n) is 1.41. The Bertz CT molecular complexity index is 639. The second kappa shape index (κ2) is 3.83. The van der Waals surface area contributed by atoms with E-state index in [1.165, 1.54) is 4.88 Å². The molecule has 3 heterocycles. The van der Waals surface area contributed by atoms with Crippen LogP contribution in [-0.2, 0) is 0 Å². The van der Waals surface area contributed by atoms with Crippen LogP contribution in [0.1, 0.15) is 0 Å². The second-order valence-electron chi connectivity index (χ2n) is 3.13. The number of nitrogens with zero attached hydrogens (tertiary/aromatic N) is 3. The molecule has 0 bridgehead atoms. The number of rotatable bonds is 2. The monoisotopic (exact) mass is 314 g/mol. The summed E-state index contributed by atoms with van der Waals surface area (Å²) in [5.41, 5.74) is 1.09. The van der Waals surface area contributed by atoms with Crippen LogP contribution in [0.3, 0.4) is 0 Å². The van der Waals surface area contributed by atoms with Gasteiger partial charge in [0.1, 0.15) is 0 Å². The fraction of sp³-hybridized carbons (Fsp3) is 0.111. The van der Waals surface area contributed by atoms with E-state index in [2.05, 4.69) is 48.2 Å². The minimum atomic E-state index is 0.656. The van der Waals surface area contributed by atoms with Crippen LogP contribution in [0.15, 0.2) is 21.3 Å². The van der Waals surface area contributed by atoms with E-state index in [0.717, 1.165) is 15.1 Å². The molecular weight excluding hydrogens is 308 g/mol. The Morgan fingerprint density at radius 1 is 1.38 bits per heavy atom. The van der Waals surface area contributed by atoms with Crippen LogP contribution in [0.4, 0.5) is 5.95 Å². The number of fused-ring (bicyclic) bond motifs is 1. The summed E-state index contributed by atoms with van der Waals surface area (Å²) in [7, 11) is 1.82. The normalized spacial score (nSPS) is 11.1. The van der Waals surface area contributed by atoms with Crippen molar-refractivity contribution in [2.24, 2.45) is 0 Å². The maximum Gasteiger partial charge on any atom is 0.243 e. The van der Waals surface area contributed by atoms with E-state index in [1.807, 2.05) is 11.6 Å². The molecule has 7 heteroatoms. The van der Waals surface area contributed by atoms with Gasteiger partial charge in [-0.15, -0.1) is 27.8 Å². The quantitative estimate of drug-likeness (QED) is 0.789. The fourth-order valence-corrected chi connectivity index (χ4v) is 3.73. The molecular formula is C9H7BrN4S2. The minimum Gasteiger partial charge on any atom is -0.356 e. The molecule has 3 rings (SSSR count). The smallest absolute Gasteiger partial charge is 0.243 e. The topological polar surface area (TPSA) is 42.2 Å². The number of nitrogens with one attached hydrogen (secondary N) is 1. The van der Waals surface area contributed by atoms with Crippen molar-refractivity contribution in [3.63, 3.8) is 0 Å². The van der Waals surface area contributed by atoms with Gasteiger partial charge in [-0.25, -0.2) is 4.52 Å². The molecule has 4 nitrogen and oxygen atoms in total. The molecule has 82 valence electrons. The van der Waals surface area contributed by atoms with Gasteiger partial charge in [0.25, 0.3) is 0 Å². The lowest BCUT2D eigenvalue weighted by Crippen LogP contribution is -1.91. The lowest BCUT2D eigenvalue weighted by Gasteiger charge is -1.92. The number of hydrogen-bond acceptors (Lipinski definition) is 5. The van der Waals surface area contributed by atoms with Crippen LogP contribution in [0.5, 0.6) is 0 Å². The first-order valence-corrected chi connectivity index (χ1v) is 7.09. The second-order valence-corrected chi connectivity index (χ2v) is 5.79. The van der Waals surface area contributed by atoms with Gasteiger partial charge in [0, 0.05) is 22.3 Å². The van der Waals surface area contributed by atoms with Gasteiger partial charge < -0.3 is 5.32 Å². The third-order valence-electron chi connectivity index (χ3n) is 2.13. The van der Waals surface area contributed by atoms with Crippen LogP contribution in [-0.4, -0.2) is 21.6 Å². The summed E-state index contributed by atoms with van der Waals surface area (Å²) in [6.45, 7) is 0. The summed E-state index contributed by atoms with van der Waals surface area (Å²) in [5.74, 6) is 0.656. The van der Waals surface area contributed by atoms with Crippen LogP contribution < -0.4 is 5.32 Å². The number of hydrogen-bond donors (Lipinski definition) is 1. The van der Waals surface area contributed by atoms with Gasteiger partial charge in [0.2, 0.25) is 10.9 Å². The molecule has 0 saturated heterocycles. The van der Waals surface area contributed by atoms with Gasteiger partial charge in [-0.05, 0) is 22.0 Å². The van der Waals surface area contributed by atoms with E-state index >= 15 is 0 Å².